The van der Waals surface area contributed by atoms with Gasteiger partial charge in [-0.2, -0.15) is 0 Å². The molecule has 0 aromatic carbocycles. The zero-order valence-corrected chi connectivity index (χ0v) is 12.6. The molecule has 4 nitrogen and oxygen atoms in total. The molecule has 4 fully saturated rings. The second kappa shape index (κ2) is 5.56. The van der Waals surface area contributed by atoms with Gasteiger partial charge in [0, 0.05) is 56.8 Å². The fourth-order valence-electron chi connectivity index (χ4n) is 4.29. The van der Waals surface area contributed by atoms with Crippen LogP contribution in [0.1, 0.15) is 32.1 Å². The standard InChI is InChI=1S/C16H29N3O/c1-2-15-10-18(7-8-19(15)6-1)12-16(5-9-20-13-16)11-17-14-3-4-14/h14-15,17H,1-13H2. The summed E-state index contributed by atoms with van der Waals surface area (Å²) in [6.45, 7) is 9.55. The summed E-state index contributed by atoms with van der Waals surface area (Å²) < 4.78 is 5.76. The Morgan fingerprint density at radius 2 is 2.10 bits per heavy atom. The number of fused-ring (bicyclic) bond motifs is 1. The van der Waals surface area contributed by atoms with Crippen LogP contribution in [-0.2, 0) is 4.74 Å². The quantitative estimate of drug-likeness (QED) is 0.810. The highest BCUT2D eigenvalue weighted by molar-refractivity contribution is 4.94. The first-order valence-electron chi connectivity index (χ1n) is 8.61. The minimum Gasteiger partial charge on any atom is -0.381 e. The molecule has 0 amide bonds. The molecule has 4 aliphatic rings. The second-order valence-corrected chi connectivity index (χ2v) is 7.52. The van der Waals surface area contributed by atoms with E-state index >= 15 is 0 Å². The lowest BCUT2D eigenvalue weighted by atomic mass is 9.86. The second-order valence-electron chi connectivity index (χ2n) is 7.52. The van der Waals surface area contributed by atoms with E-state index in [4.69, 9.17) is 4.74 Å². The normalized spacial score (nSPS) is 39.3. The van der Waals surface area contributed by atoms with Crippen molar-refractivity contribution in [1.82, 2.24) is 15.1 Å². The highest BCUT2D eigenvalue weighted by Gasteiger charge is 2.40. The number of hydrogen-bond acceptors (Lipinski definition) is 4. The Morgan fingerprint density at radius 1 is 1.15 bits per heavy atom. The summed E-state index contributed by atoms with van der Waals surface area (Å²) in [6, 6.07) is 1.67. The fraction of sp³-hybridized carbons (Fsp3) is 1.00. The Kier molecular flexibility index (Phi) is 3.75. The Labute approximate surface area is 122 Å². The van der Waals surface area contributed by atoms with E-state index in [0.717, 1.165) is 25.3 Å². The van der Waals surface area contributed by atoms with Gasteiger partial charge in [0.15, 0.2) is 0 Å². The maximum Gasteiger partial charge on any atom is 0.0547 e. The molecule has 20 heavy (non-hydrogen) atoms. The lowest BCUT2D eigenvalue weighted by Crippen LogP contribution is -2.54. The van der Waals surface area contributed by atoms with Crippen molar-refractivity contribution in [3.8, 4) is 0 Å². The first-order valence-corrected chi connectivity index (χ1v) is 8.61. The zero-order valence-electron chi connectivity index (χ0n) is 12.6. The molecule has 2 atom stereocenters. The van der Waals surface area contributed by atoms with Gasteiger partial charge in [-0.1, -0.05) is 0 Å². The van der Waals surface area contributed by atoms with Crippen LogP contribution in [0.3, 0.4) is 0 Å². The molecule has 0 aromatic heterocycles. The number of nitrogens with zero attached hydrogens (tertiary/aromatic N) is 2. The predicted molar refractivity (Wildman–Crippen MR) is 79.9 cm³/mol. The summed E-state index contributed by atoms with van der Waals surface area (Å²) in [4.78, 5) is 5.44. The minimum absolute atomic E-state index is 0.392. The lowest BCUT2D eigenvalue weighted by molar-refractivity contribution is 0.0552. The monoisotopic (exact) mass is 279 g/mol. The van der Waals surface area contributed by atoms with Crippen molar-refractivity contribution in [1.29, 1.82) is 0 Å². The van der Waals surface area contributed by atoms with Crippen LogP contribution < -0.4 is 5.32 Å². The van der Waals surface area contributed by atoms with Crippen LogP contribution in [-0.4, -0.2) is 74.4 Å². The molecule has 4 heteroatoms. The summed E-state index contributed by atoms with van der Waals surface area (Å²) in [6.07, 6.45) is 6.85. The van der Waals surface area contributed by atoms with Gasteiger partial charge < -0.3 is 10.1 Å². The van der Waals surface area contributed by atoms with Crippen molar-refractivity contribution in [2.75, 3.05) is 52.5 Å². The highest BCUT2D eigenvalue weighted by atomic mass is 16.5. The molecule has 1 saturated carbocycles. The van der Waals surface area contributed by atoms with Gasteiger partial charge in [-0.3, -0.25) is 9.80 Å². The van der Waals surface area contributed by atoms with Gasteiger partial charge in [0.2, 0.25) is 0 Å². The Balaban J connectivity index is 1.34. The largest absolute Gasteiger partial charge is 0.381 e. The number of piperazine rings is 1. The van der Waals surface area contributed by atoms with Crippen molar-refractivity contribution in [2.24, 2.45) is 5.41 Å². The molecule has 0 bridgehead atoms. The van der Waals surface area contributed by atoms with E-state index < -0.39 is 0 Å². The highest BCUT2D eigenvalue weighted by Crippen LogP contribution is 2.32. The van der Waals surface area contributed by atoms with E-state index in [9.17, 15) is 0 Å². The topological polar surface area (TPSA) is 27.7 Å². The van der Waals surface area contributed by atoms with E-state index in [-0.39, 0.29) is 0 Å². The van der Waals surface area contributed by atoms with Crippen LogP contribution in [0.15, 0.2) is 0 Å². The summed E-state index contributed by atoms with van der Waals surface area (Å²) in [7, 11) is 0. The van der Waals surface area contributed by atoms with Crippen LogP contribution in [0, 0.1) is 5.41 Å². The smallest absolute Gasteiger partial charge is 0.0547 e. The zero-order chi connectivity index (χ0) is 13.4. The third-order valence-electron chi connectivity index (χ3n) is 5.76. The van der Waals surface area contributed by atoms with E-state index in [1.807, 2.05) is 0 Å². The molecular formula is C16H29N3O. The Hall–Kier alpha value is -0.160. The molecule has 3 heterocycles. The number of hydrogen-bond donors (Lipinski definition) is 1. The van der Waals surface area contributed by atoms with Crippen LogP contribution in [0.4, 0.5) is 0 Å². The Bertz CT molecular complexity index is 339. The van der Waals surface area contributed by atoms with Crippen LogP contribution in [0.5, 0.6) is 0 Å². The lowest BCUT2D eigenvalue weighted by Gasteiger charge is -2.41. The van der Waals surface area contributed by atoms with Crippen molar-refractivity contribution >= 4 is 0 Å². The molecule has 1 N–H and O–H groups in total. The summed E-state index contributed by atoms with van der Waals surface area (Å²) >= 11 is 0. The maximum atomic E-state index is 5.76. The van der Waals surface area contributed by atoms with Crippen molar-refractivity contribution < 1.29 is 4.74 Å². The maximum absolute atomic E-state index is 5.76. The molecule has 3 aliphatic heterocycles. The molecule has 1 aliphatic carbocycles. The van der Waals surface area contributed by atoms with Gasteiger partial charge in [0.05, 0.1) is 6.61 Å². The molecule has 2 unspecified atom stereocenters. The molecule has 114 valence electrons. The fourth-order valence-corrected chi connectivity index (χ4v) is 4.29. The van der Waals surface area contributed by atoms with Gasteiger partial charge >= 0.3 is 0 Å². The molecule has 0 radical (unpaired) electrons. The van der Waals surface area contributed by atoms with E-state index in [1.165, 1.54) is 71.4 Å². The first-order chi connectivity index (χ1) is 9.83. The summed E-state index contributed by atoms with van der Waals surface area (Å²) in [5, 5.41) is 3.76. The SMILES string of the molecule is C1CC2CN(CC3(CNC4CC4)CCOC3)CCN2C1. The van der Waals surface area contributed by atoms with Gasteiger partial charge in [0.1, 0.15) is 0 Å². The first kappa shape index (κ1) is 13.5. The predicted octanol–water partition coefficient (Wildman–Crippen LogP) is 0.925. The van der Waals surface area contributed by atoms with Crippen LogP contribution in [0.25, 0.3) is 0 Å². The van der Waals surface area contributed by atoms with E-state index in [2.05, 4.69) is 15.1 Å². The number of ether oxygens (including phenoxy) is 1. The summed E-state index contributed by atoms with van der Waals surface area (Å²) in [5.74, 6) is 0. The van der Waals surface area contributed by atoms with Gasteiger partial charge in [-0.15, -0.1) is 0 Å². The van der Waals surface area contributed by atoms with E-state index in [0.29, 0.717) is 5.41 Å². The van der Waals surface area contributed by atoms with Gasteiger partial charge in [-0.05, 0) is 38.6 Å². The number of nitrogens with one attached hydrogen (secondary N) is 1. The average molecular weight is 279 g/mol. The third-order valence-corrected chi connectivity index (χ3v) is 5.76. The molecule has 0 aromatic rings. The summed E-state index contributed by atoms with van der Waals surface area (Å²) in [5.41, 5.74) is 0.392. The third kappa shape index (κ3) is 2.89. The van der Waals surface area contributed by atoms with Crippen molar-refractivity contribution in [3.63, 3.8) is 0 Å². The molecular weight excluding hydrogens is 250 g/mol. The van der Waals surface area contributed by atoms with Gasteiger partial charge in [0.25, 0.3) is 0 Å². The molecule has 3 saturated heterocycles. The Morgan fingerprint density at radius 3 is 2.90 bits per heavy atom. The average Bonchev–Trinajstić information content (AvgIpc) is 2.98. The van der Waals surface area contributed by atoms with Crippen LogP contribution in [0.2, 0.25) is 0 Å². The van der Waals surface area contributed by atoms with Gasteiger partial charge in [-0.25, -0.2) is 0 Å². The molecule has 0 spiro atoms. The van der Waals surface area contributed by atoms with E-state index in [1.54, 1.807) is 0 Å². The minimum atomic E-state index is 0.392. The van der Waals surface area contributed by atoms with Crippen molar-refractivity contribution in [3.05, 3.63) is 0 Å². The number of rotatable bonds is 5. The molecule has 4 rings (SSSR count). The van der Waals surface area contributed by atoms with Crippen LogP contribution >= 0.6 is 0 Å². The van der Waals surface area contributed by atoms with Crippen molar-refractivity contribution in [2.45, 2.75) is 44.2 Å².